The number of phenolic OH excluding ortho intramolecular Hbond substituents is 1. The Morgan fingerprint density at radius 2 is 1.25 bits per heavy atom. The van der Waals surface area contributed by atoms with E-state index >= 15 is 0 Å². The number of aromatic nitrogens is 3. The summed E-state index contributed by atoms with van der Waals surface area (Å²) in [7, 11) is 0. The SMILES string of the molecule is [2H]c1cc(C([2H])([2H])C(C)(C)C)cc([2H])c1-c1c(C([2H])([2H])[2H])cnc(-c2cc(-c3cccc4c3nc(-c3cc(C(C([2H])([2H])[2H])(C([2H])([2H])[2H])C([2H])([2H])[2H])cc(C(C([2H])([2H])[2H])(C([2H])([2H])[2H])C([2H])([2H])[2H])c3O)n4-c3ccc(C(C)(C)C)cc3-c3ccccc3)cc(C(C)(C)C)c2)c1[2H]. The van der Waals surface area contributed by atoms with E-state index in [4.69, 9.17) is 36.5 Å². The largest absolute Gasteiger partial charge is 0.507 e. The molecule has 0 atom stereocenters. The van der Waals surface area contributed by atoms with Crippen molar-refractivity contribution in [2.75, 3.05) is 0 Å². The van der Waals surface area contributed by atoms with Crippen molar-refractivity contribution < 1.29 is 40.7 Å². The van der Waals surface area contributed by atoms with Gasteiger partial charge in [-0.3, -0.25) is 9.55 Å². The average Bonchev–Trinajstić information content (AvgIpc) is 0.786. The maximum Gasteiger partial charge on any atom is 0.149 e. The van der Waals surface area contributed by atoms with Crippen molar-refractivity contribution >= 4 is 11.0 Å². The first-order valence-electron chi connectivity index (χ1n) is 35.3. The Labute approximate surface area is 444 Å². The van der Waals surface area contributed by atoms with Crippen molar-refractivity contribution in [2.24, 2.45) is 5.41 Å². The van der Waals surface area contributed by atoms with Gasteiger partial charge in [0.05, 0.1) is 32.1 Å². The number of fused-ring (bicyclic) bond motifs is 1. The Kier molecular flexibility index (Phi) is 6.48. The van der Waals surface area contributed by atoms with E-state index in [1.165, 1.54) is 16.7 Å². The third kappa shape index (κ3) is 9.84. The molecule has 8 aromatic rings. The second-order valence-corrected chi connectivity index (χ2v) is 20.6. The number of hydrogen-bond donors (Lipinski definition) is 1. The van der Waals surface area contributed by atoms with Gasteiger partial charge in [0.2, 0.25) is 0 Å². The van der Waals surface area contributed by atoms with E-state index < -0.39 is 133 Å². The van der Waals surface area contributed by atoms with Gasteiger partial charge in [-0.2, -0.15) is 0 Å². The van der Waals surface area contributed by atoms with Gasteiger partial charge in [-0.15, -0.1) is 0 Å². The van der Waals surface area contributed by atoms with Crippen molar-refractivity contribution in [3.05, 3.63) is 167 Å². The fourth-order valence-corrected chi connectivity index (χ4v) is 8.25. The summed E-state index contributed by atoms with van der Waals surface area (Å²) in [4.78, 5) is 9.74. The number of imidazole rings is 1. The summed E-state index contributed by atoms with van der Waals surface area (Å²) in [6.07, 6.45) is -1.03. The molecule has 0 saturated heterocycles. The van der Waals surface area contributed by atoms with E-state index in [0.29, 0.717) is 28.3 Å². The number of nitrogens with zero attached hydrogens (tertiary/aromatic N) is 3. The average molecular weight is 926 g/mol. The van der Waals surface area contributed by atoms with Crippen LogP contribution in [-0.4, -0.2) is 19.6 Å². The first kappa shape index (κ1) is 25.4. The van der Waals surface area contributed by atoms with Gasteiger partial charge in [-0.1, -0.05) is 188 Å². The molecule has 0 saturated carbocycles. The van der Waals surface area contributed by atoms with E-state index in [1.807, 2.05) is 47.6 Å². The van der Waals surface area contributed by atoms with Crippen LogP contribution in [0.4, 0.5) is 0 Å². The molecule has 0 aliphatic rings. The highest BCUT2D eigenvalue weighted by molar-refractivity contribution is 5.98. The van der Waals surface area contributed by atoms with Gasteiger partial charge in [0, 0.05) is 60.0 Å². The molecule has 350 valence electrons. The van der Waals surface area contributed by atoms with Gasteiger partial charge in [-0.05, 0) is 133 Å². The van der Waals surface area contributed by atoms with Crippen molar-refractivity contribution in [1.82, 2.24) is 14.5 Å². The molecule has 4 heteroatoms. The Bertz CT molecular complexity index is 4140. The lowest BCUT2D eigenvalue weighted by molar-refractivity contribution is 0.411. The third-order valence-electron chi connectivity index (χ3n) is 11.8. The molecular formula is C64H73N3O. The zero-order valence-electron chi connectivity index (χ0n) is 65.8. The Hall–Kier alpha value is -6.26. The molecule has 2 heterocycles. The molecular weight excluding hydrogens is 827 g/mol. The number of aryl methyl sites for hydroxylation is 1. The molecule has 0 spiro atoms. The second-order valence-electron chi connectivity index (χ2n) is 20.6. The summed E-state index contributed by atoms with van der Waals surface area (Å²) in [6, 6.07) is 26.0. The minimum atomic E-state index is -4.23. The van der Waals surface area contributed by atoms with Crippen molar-refractivity contribution in [3.8, 4) is 67.5 Å². The fraction of sp³-hybridized carbons (Fsp3) is 0.344. The predicted molar refractivity (Wildman–Crippen MR) is 290 cm³/mol. The lowest BCUT2D eigenvalue weighted by Gasteiger charge is -2.28. The van der Waals surface area contributed by atoms with E-state index in [2.05, 4.69) is 4.98 Å². The minimum Gasteiger partial charge on any atom is -0.507 e. The number of aromatic hydroxyl groups is 1. The van der Waals surface area contributed by atoms with Crippen molar-refractivity contribution in [1.29, 1.82) is 0 Å². The van der Waals surface area contributed by atoms with Crippen LogP contribution in [0.5, 0.6) is 5.75 Å². The molecule has 0 unspecified atom stereocenters. The topological polar surface area (TPSA) is 50.9 Å². The number of para-hydroxylation sites is 1. The summed E-state index contributed by atoms with van der Waals surface area (Å²) < 4.78 is 232. The van der Waals surface area contributed by atoms with Gasteiger partial charge >= 0.3 is 0 Å². The molecule has 0 amide bonds. The number of hydrogen-bond acceptors (Lipinski definition) is 3. The fourth-order valence-electron chi connectivity index (χ4n) is 8.25. The van der Waals surface area contributed by atoms with Crippen LogP contribution in [0.25, 0.3) is 72.7 Å². The van der Waals surface area contributed by atoms with Crippen LogP contribution in [-0.2, 0) is 28.0 Å². The van der Waals surface area contributed by atoms with E-state index in [1.54, 1.807) is 99.6 Å². The standard InChI is InChI=1S/C64H73N3O/c1-40-39-65-54(37-50(40)43-27-25-41(26-28-43)38-60(2,3)4)45-31-44(32-47(33-45)62(8,9)10)49-23-20-24-56-57(49)66-59(52-35-48(63(11,12)13)36-53(58(52)68)64(14,15)16)67(56)55-30-29-46(61(5,6)7)34-51(55)42-21-18-17-19-22-42/h17-37,39,68H,38H2,1-16H3/i1D3,11D3,12D3,13D3,14D3,15D3,16D3,27D,28D,37D,38D2. The van der Waals surface area contributed by atoms with Gasteiger partial charge < -0.3 is 5.11 Å². The quantitative estimate of drug-likeness (QED) is 0.173. The summed E-state index contributed by atoms with van der Waals surface area (Å²) in [6.45, 7) is -11.5. The first-order chi connectivity index (χ1) is 42.4. The van der Waals surface area contributed by atoms with Gasteiger partial charge in [-0.25, -0.2) is 4.98 Å². The molecule has 6 aromatic carbocycles. The zero-order chi connectivity index (χ0) is 71.2. The molecule has 8 rings (SSSR count). The molecule has 0 fully saturated rings. The number of pyridine rings is 1. The van der Waals surface area contributed by atoms with E-state index in [-0.39, 0.29) is 56.3 Å². The maximum atomic E-state index is 13.2. The number of rotatable bonds is 7. The van der Waals surface area contributed by atoms with Crippen molar-refractivity contribution in [3.63, 3.8) is 0 Å². The monoisotopic (exact) mass is 926 g/mol. The normalized spacial score (nSPS) is 20.0. The Balaban J connectivity index is 1.62. The van der Waals surface area contributed by atoms with Gasteiger partial charge in [0.1, 0.15) is 11.6 Å². The van der Waals surface area contributed by atoms with Crippen LogP contribution >= 0.6 is 0 Å². The minimum absolute atomic E-state index is 0.00683. The number of benzene rings is 6. The molecule has 1 N–H and O–H groups in total. The van der Waals surface area contributed by atoms with E-state index in [0.717, 1.165) is 11.8 Å². The predicted octanol–water partition coefficient (Wildman–Crippen LogP) is 17.5. The highest BCUT2D eigenvalue weighted by Crippen LogP contribution is 2.46. The third-order valence-corrected chi connectivity index (χ3v) is 11.8. The summed E-state index contributed by atoms with van der Waals surface area (Å²) in [5.74, 6) is -1.99. The van der Waals surface area contributed by atoms with Gasteiger partial charge in [0.25, 0.3) is 0 Å². The van der Waals surface area contributed by atoms with Crippen LogP contribution in [0, 0.1) is 12.3 Å². The van der Waals surface area contributed by atoms with Crippen LogP contribution in [0.2, 0.25) is 0 Å². The Morgan fingerprint density at radius 1 is 0.588 bits per heavy atom. The molecule has 2 aromatic heterocycles. The molecule has 68 heavy (non-hydrogen) atoms. The lowest BCUT2D eigenvalue weighted by atomic mass is 9.79. The smallest absolute Gasteiger partial charge is 0.149 e. The summed E-state index contributed by atoms with van der Waals surface area (Å²) in [5.41, 5.74) is -12.1. The van der Waals surface area contributed by atoms with Crippen LogP contribution < -0.4 is 0 Å². The lowest BCUT2D eigenvalue weighted by Crippen LogP contribution is -2.17. The zero-order valence-corrected chi connectivity index (χ0v) is 39.8. The molecule has 0 aliphatic heterocycles. The molecule has 0 radical (unpaired) electrons. The molecule has 0 bridgehead atoms. The van der Waals surface area contributed by atoms with Crippen LogP contribution in [0.1, 0.15) is 172 Å². The molecule has 4 nitrogen and oxygen atoms in total. The highest BCUT2D eigenvalue weighted by atomic mass is 16.3. The summed E-state index contributed by atoms with van der Waals surface area (Å²) >= 11 is 0. The Morgan fingerprint density at radius 3 is 1.90 bits per heavy atom. The van der Waals surface area contributed by atoms with Crippen LogP contribution in [0.15, 0.2) is 134 Å². The highest BCUT2D eigenvalue weighted by Gasteiger charge is 2.30. The first-order valence-corrected chi connectivity index (χ1v) is 22.3. The van der Waals surface area contributed by atoms with Crippen molar-refractivity contribution in [2.45, 2.75) is 138 Å². The van der Waals surface area contributed by atoms with Crippen LogP contribution in [0.3, 0.4) is 0 Å². The van der Waals surface area contributed by atoms with E-state index in [9.17, 15) is 9.22 Å². The molecule has 0 aliphatic carbocycles. The summed E-state index contributed by atoms with van der Waals surface area (Å²) in [5, 5.41) is 13.2. The number of phenols is 1. The van der Waals surface area contributed by atoms with Gasteiger partial charge in [0.15, 0.2) is 0 Å². The second kappa shape index (κ2) is 17.4. The maximum absolute atomic E-state index is 13.2.